The summed E-state index contributed by atoms with van der Waals surface area (Å²) in [4.78, 5) is 16.0. The van der Waals surface area contributed by atoms with Gasteiger partial charge in [0.1, 0.15) is 5.75 Å². The van der Waals surface area contributed by atoms with Gasteiger partial charge in [-0.05, 0) is 31.2 Å². The fourth-order valence-corrected chi connectivity index (χ4v) is 2.99. The van der Waals surface area contributed by atoms with Crippen molar-refractivity contribution in [3.63, 3.8) is 0 Å². The number of hydrogen-bond acceptors (Lipinski definition) is 4. The Morgan fingerprint density at radius 2 is 1.61 bits per heavy atom. The summed E-state index contributed by atoms with van der Waals surface area (Å²) in [6.45, 7) is 5.77. The van der Waals surface area contributed by atoms with Gasteiger partial charge in [0.2, 0.25) is 0 Å². The number of benzene rings is 2. The first-order valence-electron chi connectivity index (χ1n) is 7.91. The quantitative estimate of drug-likeness (QED) is 0.812. The van der Waals surface area contributed by atoms with E-state index in [4.69, 9.17) is 4.74 Å². The van der Waals surface area contributed by atoms with Gasteiger partial charge >= 0.3 is 0 Å². The average Bonchev–Trinajstić information content (AvgIpc) is 2.62. The standard InChI is InChI=1S/C19H22N2O2/c1-15-3-6-17(7-4-15)20-9-11-21(12-10-20)19-13-18(23-2)8-5-16(19)14-22/h3-8,13-14H,9-12H2,1-2H3. The van der Waals surface area contributed by atoms with Crippen molar-refractivity contribution in [3.05, 3.63) is 53.6 Å². The van der Waals surface area contributed by atoms with Crippen LogP contribution >= 0.6 is 0 Å². The molecular weight excluding hydrogens is 288 g/mol. The molecule has 0 saturated carbocycles. The first kappa shape index (κ1) is 15.4. The molecule has 1 aliphatic heterocycles. The second kappa shape index (κ2) is 6.73. The van der Waals surface area contributed by atoms with Crippen LogP contribution in [0.5, 0.6) is 5.75 Å². The number of hydrogen-bond donors (Lipinski definition) is 0. The van der Waals surface area contributed by atoms with Gasteiger partial charge in [-0.25, -0.2) is 0 Å². The van der Waals surface area contributed by atoms with Crippen molar-refractivity contribution >= 4 is 17.7 Å². The number of rotatable bonds is 4. The second-order valence-electron chi connectivity index (χ2n) is 5.85. The predicted octanol–water partition coefficient (Wildman–Crippen LogP) is 3.14. The van der Waals surface area contributed by atoms with E-state index in [2.05, 4.69) is 41.0 Å². The second-order valence-corrected chi connectivity index (χ2v) is 5.85. The van der Waals surface area contributed by atoms with Crippen LogP contribution in [-0.4, -0.2) is 39.6 Å². The van der Waals surface area contributed by atoms with Crippen molar-refractivity contribution < 1.29 is 9.53 Å². The highest BCUT2D eigenvalue weighted by Crippen LogP contribution is 2.27. The van der Waals surface area contributed by atoms with Crippen LogP contribution in [0.25, 0.3) is 0 Å². The molecule has 0 aliphatic carbocycles. The lowest BCUT2D eigenvalue weighted by Gasteiger charge is -2.38. The Morgan fingerprint density at radius 1 is 0.957 bits per heavy atom. The number of carbonyl (C=O) groups is 1. The molecule has 0 unspecified atom stereocenters. The predicted molar refractivity (Wildman–Crippen MR) is 94.0 cm³/mol. The maximum Gasteiger partial charge on any atom is 0.152 e. The van der Waals surface area contributed by atoms with Crippen LogP contribution in [0.3, 0.4) is 0 Å². The first-order chi connectivity index (χ1) is 11.2. The molecule has 0 N–H and O–H groups in total. The minimum atomic E-state index is 0.717. The molecule has 3 rings (SSSR count). The Labute approximate surface area is 137 Å². The van der Waals surface area contributed by atoms with E-state index in [0.29, 0.717) is 0 Å². The number of nitrogens with zero attached hydrogens (tertiary/aromatic N) is 2. The molecule has 4 nitrogen and oxygen atoms in total. The molecule has 4 heteroatoms. The maximum atomic E-state index is 11.3. The molecule has 2 aromatic rings. The van der Waals surface area contributed by atoms with Crippen LogP contribution in [0, 0.1) is 6.92 Å². The third-order valence-electron chi connectivity index (χ3n) is 4.38. The van der Waals surface area contributed by atoms with E-state index in [1.165, 1.54) is 11.3 Å². The summed E-state index contributed by atoms with van der Waals surface area (Å²) in [7, 11) is 1.65. The van der Waals surface area contributed by atoms with Gasteiger partial charge < -0.3 is 14.5 Å². The van der Waals surface area contributed by atoms with Gasteiger partial charge in [-0.1, -0.05) is 17.7 Å². The number of anilines is 2. The van der Waals surface area contributed by atoms with Crippen molar-refractivity contribution in [2.75, 3.05) is 43.1 Å². The lowest BCUT2D eigenvalue weighted by Crippen LogP contribution is -2.46. The van der Waals surface area contributed by atoms with E-state index in [1.807, 2.05) is 18.2 Å². The smallest absolute Gasteiger partial charge is 0.152 e. The summed E-state index contributed by atoms with van der Waals surface area (Å²) in [5.41, 5.74) is 4.22. The number of ether oxygens (including phenoxy) is 1. The molecule has 1 heterocycles. The normalized spacial score (nSPS) is 14.7. The Hall–Kier alpha value is -2.49. The van der Waals surface area contributed by atoms with Gasteiger partial charge in [0.25, 0.3) is 0 Å². The van der Waals surface area contributed by atoms with Crippen molar-refractivity contribution in [3.8, 4) is 5.75 Å². The molecule has 120 valence electrons. The van der Waals surface area contributed by atoms with Crippen LogP contribution in [0.4, 0.5) is 11.4 Å². The van der Waals surface area contributed by atoms with E-state index in [-0.39, 0.29) is 0 Å². The van der Waals surface area contributed by atoms with Crippen molar-refractivity contribution in [2.45, 2.75) is 6.92 Å². The van der Waals surface area contributed by atoms with E-state index in [0.717, 1.165) is 49.5 Å². The zero-order valence-electron chi connectivity index (χ0n) is 13.7. The van der Waals surface area contributed by atoms with Gasteiger partial charge in [-0.3, -0.25) is 4.79 Å². The zero-order valence-corrected chi connectivity index (χ0v) is 13.7. The summed E-state index contributed by atoms with van der Waals surface area (Å²) in [5.74, 6) is 0.784. The molecular formula is C19H22N2O2. The Morgan fingerprint density at radius 3 is 2.22 bits per heavy atom. The van der Waals surface area contributed by atoms with E-state index >= 15 is 0 Å². The zero-order chi connectivity index (χ0) is 16.2. The van der Waals surface area contributed by atoms with Crippen LogP contribution in [0.2, 0.25) is 0 Å². The molecule has 0 bridgehead atoms. The molecule has 1 fully saturated rings. The van der Waals surface area contributed by atoms with Crippen molar-refractivity contribution in [1.82, 2.24) is 0 Å². The minimum absolute atomic E-state index is 0.717. The number of aryl methyl sites for hydroxylation is 1. The maximum absolute atomic E-state index is 11.3. The molecule has 1 saturated heterocycles. The van der Waals surface area contributed by atoms with Gasteiger partial charge in [0, 0.05) is 43.5 Å². The van der Waals surface area contributed by atoms with Gasteiger partial charge in [0.05, 0.1) is 12.8 Å². The highest BCUT2D eigenvalue weighted by molar-refractivity contribution is 5.85. The van der Waals surface area contributed by atoms with Crippen LogP contribution in [-0.2, 0) is 0 Å². The Bertz CT molecular complexity index is 674. The monoisotopic (exact) mass is 310 g/mol. The summed E-state index contributed by atoms with van der Waals surface area (Å²) in [5, 5.41) is 0. The molecule has 0 amide bonds. The van der Waals surface area contributed by atoms with Gasteiger partial charge in [0.15, 0.2) is 6.29 Å². The first-order valence-corrected chi connectivity index (χ1v) is 7.91. The van der Waals surface area contributed by atoms with Crippen LogP contribution < -0.4 is 14.5 Å². The van der Waals surface area contributed by atoms with Crippen molar-refractivity contribution in [2.24, 2.45) is 0 Å². The molecule has 1 aliphatic rings. The third kappa shape index (κ3) is 3.31. The van der Waals surface area contributed by atoms with Crippen LogP contribution in [0.15, 0.2) is 42.5 Å². The Kier molecular flexibility index (Phi) is 4.51. The number of aldehydes is 1. The lowest BCUT2D eigenvalue weighted by atomic mass is 10.1. The fraction of sp³-hybridized carbons (Fsp3) is 0.316. The summed E-state index contributed by atoms with van der Waals surface area (Å²) < 4.78 is 5.29. The average molecular weight is 310 g/mol. The topological polar surface area (TPSA) is 32.8 Å². The third-order valence-corrected chi connectivity index (χ3v) is 4.38. The minimum Gasteiger partial charge on any atom is -0.497 e. The lowest BCUT2D eigenvalue weighted by molar-refractivity contribution is 0.112. The van der Waals surface area contributed by atoms with E-state index in [9.17, 15) is 4.79 Å². The molecule has 2 aromatic carbocycles. The summed E-state index contributed by atoms with van der Waals surface area (Å²) >= 11 is 0. The molecule has 0 radical (unpaired) electrons. The molecule has 0 spiro atoms. The number of piperazine rings is 1. The Balaban J connectivity index is 1.73. The van der Waals surface area contributed by atoms with Gasteiger partial charge in [-0.15, -0.1) is 0 Å². The molecule has 0 aromatic heterocycles. The largest absolute Gasteiger partial charge is 0.497 e. The SMILES string of the molecule is COc1ccc(C=O)c(N2CCN(c3ccc(C)cc3)CC2)c1. The highest BCUT2D eigenvalue weighted by atomic mass is 16.5. The molecule has 0 atom stereocenters. The van der Waals surface area contributed by atoms with Crippen LogP contribution in [0.1, 0.15) is 15.9 Å². The van der Waals surface area contributed by atoms with E-state index in [1.54, 1.807) is 7.11 Å². The number of carbonyl (C=O) groups excluding carboxylic acids is 1. The fourth-order valence-electron chi connectivity index (χ4n) is 2.99. The van der Waals surface area contributed by atoms with Gasteiger partial charge in [-0.2, -0.15) is 0 Å². The molecule has 23 heavy (non-hydrogen) atoms. The summed E-state index contributed by atoms with van der Waals surface area (Å²) in [6.07, 6.45) is 0.918. The number of methoxy groups -OCH3 is 1. The highest BCUT2D eigenvalue weighted by Gasteiger charge is 2.20. The summed E-state index contributed by atoms with van der Waals surface area (Å²) in [6, 6.07) is 14.2. The van der Waals surface area contributed by atoms with Crippen molar-refractivity contribution in [1.29, 1.82) is 0 Å². The van der Waals surface area contributed by atoms with E-state index < -0.39 is 0 Å².